The van der Waals surface area contributed by atoms with E-state index in [4.69, 9.17) is 15.2 Å². The van der Waals surface area contributed by atoms with E-state index in [0.29, 0.717) is 12.5 Å². The molecule has 0 amide bonds. The molecule has 1 heterocycles. The largest absolute Gasteiger partial charge is 0.349 e. The van der Waals surface area contributed by atoms with Crippen molar-refractivity contribution in [2.75, 3.05) is 19.8 Å². The maximum Gasteiger partial charge on any atom is 0.172 e. The molecule has 1 spiro atoms. The zero-order valence-electron chi connectivity index (χ0n) is 8.13. The zero-order valence-corrected chi connectivity index (χ0v) is 8.13. The van der Waals surface area contributed by atoms with Crippen molar-refractivity contribution in [3.63, 3.8) is 0 Å². The van der Waals surface area contributed by atoms with E-state index in [1.54, 1.807) is 0 Å². The second-order valence-electron chi connectivity index (χ2n) is 4.04. The third-order valence-corrected chi connectivity index (χ3v) is 3.22. The van der Waals surface area contributed by atoms with Gasteiger partial charge in [-0.05, 0) is 19.3 Å². The van der Waals surface area contributed by atoms with Crippen molar-refractivity contribution in [1.82, 2.24) is 0 Å². The summed E-state index contributed by atoms with van der Waals surface area (Å²) in [5, 5.41) is 0. The van der Waals surface area contributed by atoms with Gasteiger partial charge in [-0.2, -0.15) is 0 Å². The Balaban J connectivity index is 2.06. The lowest BCUT2D eigenvalue weighted by Gasteiger charge is -2.45. The van der Waals surface area contributed by atoms with Crippen LogP contribution in [0.3, 0.4) is 0 Å². The molecule has 2 fully saturated rings. The molecular formula is C10H19NO2. The Hall–Kier alpha value is -0.120. The van der Waals surface area contributed by atoms with Crippen LogP contribution in [0.4, 0.5) is 0 Å². The van der Waals surface area contributed by atoms with Gasteiger partial charge < -0.3 is 15.2 Å². The van der Waals surface area contributed by atoms with Gasteiger partial charge in [-0.1, -0.05) is 6.42 Å². The van der Waals surface area contributed by atoms with Gasteiger partial charge in [-0.15, -0.1) is 0 Å². The predicted molar refractivity (Wildman–Crippen MR) is 50.3 cm³/mol. The third-order valence-electron chi connectivity index (χ3n) is 3.22. The average Bonchev–Trinajstić information content (AvgIpc) is 2.20. The Labute approximate surface area is 79.6 Å². The fourth-order valence-electron chi connectivity index (χ4n) is 2.45. The summed E-state index contributed by atoms with van der Waals surface area (Å²) in [5.74, 6) is 0.118. The molecule has 1 saturated heterocycles. The minimum Gasteiger partial charge on any atom is -0.349 e. The maximum absolute atomic E-state index is 5.81. The van der Waals surface area contributed by atoms with Crippen LogP contribution < -0.4 is 5.73 Å². The second kappa shape index (κ2) is 3.95. The topological polar surface area (TPSA) is 44.5 Å². The molecule has 13 heavy (non-hydrogen) atoms. The number of ether oxygens (including phenoxy) is 2. The molecule has 2 rings (SSSR count). The highest BCUT2D eigenvalue weighted by Gasteiger charge is 2.43. The molecule has 0 aromatic rings. The highest BCUT2D eigenvalue weighted by Crippen LogP contribution is 2.39. The fraction of sp³-hybridized carbons (Fsp3) is 1.00. The molecule has 1 unspecified atom stereocenters. The third kappa shape index (κ3) is 1.73. The van der Waals surface area contributed by atoms with Crippen LogP contribution >= 0.6 is 0 Å². The molecule has 3 heteroatoms. The van der Waals surface area contributed by atoms with Crippen molar-refractivity contribution < 1.29 is 9.47 Å². The number of hydrogen-bond acceptors (Lipinski definition) is 3. The van der Waals surface area contributed by atoms with Crippen LogP contribution in [0.15, 0.2) is 0 Å². The van der Waals surface area contributed by atoms with Crippen LogP contribution in [-0.4, -0.2) is 25.5 Å². The van der Waals surface area contributed by atoms with Gasteiger partial charge in [0, 0.05) is 18.9 Å². The average molecular weight is 185 g/mol. The van der Waals surface area contributed by atoms with E-state index in [0.717, 1.165) is 32.5 Å². The van der Waals surface area contributed by atoms with Gasteiger partial charge >= 0.3 is 0 Å². The first-order valence-electron chi connectivity index (χ1n) is 5.35. The summed E-state index contributed by atoms with van der Waals surface area (Å²) in [4.78, 5) is 0. The second-order valence-corrected chi connectivity index (χ2v) is 4.04. The highest BCUT2D eigenvalue weighted by molar-refractivity contribution is 4.86. The van der Waals surface area contributed by atoms with Crippen molar-refractivity contribution >= 4 is 0 Å². The van der Waals surface area contributed by atoms with Crippen molar-refractivity contribution in [3.05, 3.63) is 0 Å². The molecule has 1 saturated carbocycles. The summed E-state index contributed by atoms with van der Waals surface area (Å²) in [6, 6.07) is 0. The van der Waals surface area contributed by atoms with Gasteiger partial charge in [0.25, 0.3) is 0 Å². The highest BCUT2D eigenvalue weighted by atomic mass is 16.7. The van der Waals surface area contributed by atoms with Crippen molar-refractivity contribution in [2.45, 2.75) is 37.9 Å². The Kier molecular flexibility index (Phi) is 2.86. The molecular weight excluding hydrogens is 166 g/mol. The molecule has 2 N–H and O–H groups in total. The lowest BCUT2D eigenvalue weighted by Crippen LogP contribution is -2.51. The Bertz CT molecular complexity index is 158. The lowest BCUT2D eigenvalue weighted by atomic mass is 9.82. The van der Waals surface area contributed by atoms with Gasteiger partial charge in [-0.3, -0.25) is 0 Å². The minimum absolute atomic E-state index is 0.300. The molecule has 1 aliphatic carbocycles. The zero-order chi connectivity index (χ0) is 9.15. The summed E-state index contributed by atoms with van der Waals surface area (Å²) in [7, 11) is 0. The smallest absolute Gasteiger partial charge is 0.172 e. The summed E-state index contributed by atoms with van der Waals surface area (Å²) in [5.41, 5.74) is 5.75. The number of nitrogens with two attached hydrogens (primary N) is 1. The quantitative estimate of drug-likeness (QED) is 0.669. The molecule has 0 aromatic carbocycles. The molecule has 0 radical (unpaired) electrons. The summed E-state index contributed by atoms with van der Waals surface area (Å²) >= 11 is 0. The summed E-state index contributed by atoms with van der Waals surface area (Å²) in [6.45, 7) is 2.38. The first kappa shape index (κ1) is 9.44. The van der Waals surface area contributed by atoms with Crippen LogP contribution in [0.5, 0.6) is 0 Å². The van der Waals surface area contributed by atoms with Gasteiger partial charge in [-0.25, -0.2) is 0 Å². The first-order valence-corrected chi connectivity index (χ1v) is 5.35. The van der Waals surface area contributed by atoms with Gasteiger partial charge in [0.2, 0.25) is 0 Å². The van der Waals surface area contributed by atoms with E-state index < -0.39 is 0 Å². The lowest BCUT2D eigenvalue weighted by molar-refractivity contribution is -0.303. The van der Waals surface area contributed by atoms with Crippen LogP contribution in [0.2, 0.25) is 0 Å². The molecule has 76 valence electrons. The Morgan fingerprint density at radius 1 is 1.15 bits per heavy atom. The van der Waals surface area contributed by atoms with Gasteiger partial charge in [0.15, 0.2) is 5.79 Å². The Morgan fingerprint density at radius 3 is 2.62 bits per heavy atom. The molecule has 2 aliphatic rings. The van der Waals surface area contributed by atoms with Crippen LogP contribution in [0, 0.1) is 5.92 Å². The maximum atomic E-state index is 5.81. The van der Waals surface area contributed by atoms with Crippen molar-refractivity contribution in [3.8, 4) is 0 Å². The normalized spacial score (nSPS) is 33.5. The van der Waals surface area contributed by atoms with Gasteiger partial charge in [0.1, 0.15) is 0 Å². The molecule has 0 bridgehead atoms. The first-order chi connectivity index (χ1) is 6.37. The monoisotopic (exact) mass is 185 g/mol. The molecule has 0 aromatic heterocycles. The number of rotatable bonds is 1. The summed E-state index contributed by atoms with van der Waals surface area (Å²) in [6.07, 6.45) is 5.72. The standard InChI is InChI=1S/C10H19NO2/c11-8-9-4-1-2-5-10(9)12-6-3-7-13-10/h9H,1-8,11H2. The number of hydrogen-bond donors (Lipinski definition) is 1. The van der Waals surface area contributed by atoms with E-state index in [-0.39, 0.29) is 5.79 Å². The molecule has 1 atom stereocenters. The predicted octanol–water partition coefficient (Wildman–Crippen LogP) is 1.27. The fourth-order valence-corrected chi connectivity index (χ4v) is 2.45. The minimum atomic E-state index is -0.300. The summed E-state index contributed by atoms with van der Waals surface area (Å²) < 4.78 is 11.6. The van der Waals surface area contributed by atoms with Crippen LogP contribution in [-0.2, 0) is 9.47 Å². The van der Waals surface area contributed by atoms with Crippen molar-refractivity contribution in [2.24, 2.45) is 11.7 Å². The van der Waals surface area contributed by atoms with E-state index in [1.165, 1.54) is 12.8 Å². The van der Waals surface area contributed by atoms with E-state index >= 15 is 0 Å². The van der Waals surface area contributed by atoms with E-state index in [1.807, 2.05) is 0 Å². The van der Waals surface area contributed by atoms with E-state index in [9.17, 15) is 0 Å². The van der Waals surface area contributed by atoms with Gasteiger partial charge in [0.05, 0.1) is 13.2 Å². The Morgan fingerprint density at radius 2 is 1.92 bits per heavy atom. The van der Waals surface area contributed by atoms with Crippen molar-refractivity contribution in [1.29, 1.82) is 0 Å². The van der Waals surface area contributed by atoms with E-state index in [2.05, 4.69) is 0 Å². The van der Waals surface area contributed by atoms with Crippen LogP contribution in [0.25, 0.3) is 0 Å². The molecule has 3 nitrogen and oxygen atoms in total. The SMILES string of the molecule is NCC1CCCCC12OCCCO2. The molecule has 1 aliphatic heterocycles. The van der Waals surface area contributed by atoms with Crippen LogP contribution in [0.1, 0.15) is 32.1 Å².